The molecule has 0 unspecified atom stereocenters. The van der Waals surface area contributed by atoms with Gasteiger partial charge in [-0.25, -0.2) is 0 Å². The van der Waals surface area contributed by atoms with Crippen molar-refractivity contribution in [2.24, 2.45) is 21.7 Å². The maximum Gasteiger partial charge on any atom is 0.211 e. The molecule has 1 rings (SSSR count). The molecule has 0 heterocycles. The summed E-state index contributed by atoms with van der Waals surface area (Å²) in [7, 11) is 0. The summed E-state index contributed by atoms with van der Waals surface area (Å²) < 4.78 is 0. The highest BCUT2D eigenvalue weighted by Gasteiger charge is 1.90. The van der Waals surface area contributed by atoms with Crippen molar-refractivity contribution >= 4 is 23.9 Å². The normalized spacial score (nSPS) is 10.5. The first-order valence-electron chi connectivity index (χ1n) is 4.48. The summed E-state index contributed by atoms with van der Waals surface area (Å²) in [6.07, 6.45) is 1.67. The Morgan fingerprint density at radius 3 is 2.60 bits per heavy atom. The van der Waals surface area contributed by atoms with Crippen molar-refractivity contribution in [1.82, 2.24) is 0 Å². The van der Waals surface area contributed by atoms with E-state index >= 15 is 0 Å². The van der Waals surface area contributed by atoms with Gasteiger partial charge in [-0.2, -0.15) is 5.10 Å². The second-order valence-corrected chi connectivity index (χ2v) is 4.04. The Balaban J connectivity index is 2.35. The summed E-state index contributed by atoms with van der Waals surface area (Å²) in [5, 5.41) is 7.19. The topological polar surface area (TPSA) is 76.8 Å². The molecule has 0 fully saturated rings. The maximum atomic E-state index is 5.11. The molecule has 15 heavy (non-hydrogen) atoms. The third-order valence-electron chi connectivity index (χ3n) is 1.60. The molecule has 4 N–H and O–H groups in total. The minimum absolute atomic E-state index is 0.0217. The van der Waals surface area contributed by atoms with E-state index in [1.807, 2.05) is 0 Å². The van der Waals surface area contributed by atoms with Crippen LogP contribution in [0.25, 0.3) is 0 Å². The third kappa shape index (κ3) is 5.07. The highest BCUT2D eigenvalue weighted by atomic mass is 32.2. The van der Waals surface area contributed by atoms with E-state index in [9.17, 15) is 0 Å². The summed E-state index contributed by atoms with van der Waals surface area (Å²) in [6, 6.07) is 8.31. The van der Waals surface area contributed by atoms with E-state index in [-0.39, 0.29) is 5.96 Å². The zero-order valence-electron chi connectivity index (χ0n) is 8.55. The summed E-state index contributed by atoms with van der Waals surface area (Å²) in [5.41, 5.74) is 11.5. The number of nitrogens with zero attached hydrogens (tertiary/aromatic N) is 2. The van der Waals surface area contributed by atoms with Gasteiger partial charge in [0.15, 0.2) is 0 Å². The Morgan fingerprint density at radius 2 is 2.00 bits per heavy atom. The maximum absolute atomic E-state index is 5.11. The van der Waals surface area contributed by atoms with Crippen LogP contribution in [0.1, 0.15) is 5.56 Å². The first-order chi connectivity index (χ1) is 7.18. The van der Waals surface area contributed by atoms with Crippen LogP contribution >= 0.6 is 11.8 Å². The van der Waals surface area contributed by atoms with Gasteiger partial charge in [0.1, 0.15) is 0 Å². The minimum atomic E-state index is -0.0217. The van der Waals surface area contributed by atoms with Crippen LogP contribution in [0.15, 0.2) is 39.4 Å². The zero-order valence-corrected chi connectivity index (χ0v) is 9.37. The van der Waals surface area contributed by atoms with Crippen LogP contribution in [-0.4, -0.2) is 17.9 Å². The molecule has 0 aliphatic heterocycles. The van der Waals surface area contributed by atoms with Crippen LogP contribution < -0.4 is 11.5 Å². The SMILES string of the molecule is Cc1ccc(SC/C=N/N=C(N)N)cc1. The van der Waals surface area contributed by atoms with Crippen molar-refractivity contribution in [3.05, 3.63) is 29.8 Å². The molecule has 5 heteroatoms. The Bertz CT molecular complexity index is 352. The minimum Gasteiger partial charge on any atom is -0.369 e. The Labute approximate surface area is 93.5 Å². The van der Waals surface area contributed by atoms with Gasteiger partial charge in [-0.15, -0.1) is 16.9 Å². The molecule has 0 amide bonds. The molecule has 0 aromatic heterocycles. The fourth-order valence-corrected chi connectivity index (χ4v) is 1.57. The number of guanidine groups is 1. The summed E-state index contributed by atoms with van der Waals surface area (Å²) in [5.74, 6) is 0.728. The Kier molecular flexibility index (Phi) is 4.70. The first kappa shape index (κ1) is 11.6. The van der Waals surface area contributed by atoms with Crippen molar-refractivity contribution in [3.8, 4) is 0 Å². The van der Waals surface area contributed by atoms with Crippen molar-refractivity contribution in [1.29, 1.82) is 0 Å². The van der Waals surface area contributed by atoms with Crippen LogP contribution in [0, 0.1) is 6.92 Å². The van der Waals surface area contributed by atoms with Gasteiger partial charge in [-0.3, -0.25) is 0 Å². The molecule has 0 bridgehead atoms. The van der Waals surface area contributed by atoms with E-state index in [0.29, 0.717) is 0 Å². The van der Waals surface area contributed by atoms with Gasteiger partial charge >= 0.3 is 0 Å². The van der Waals surface area contributed by atoms with E-state index in [0.717, 1.165) is 5.75 Å². The molecule has 0 aliphatic carbocycles. The number of rotatable bonds is 4. The number of hydrogen-bond acceptors (Lipinski definition) is 3. The number of nitrogens with two attached hydrogens (primary N) is 2. The van der Waals surface area contributed by atoms with Crippen molar-refractivity contribution in [2.75, 3.05) is 5.75 Å². The number of thioether (sulfide) groups is 1. The van der Waals surface area contributed by atoms with Crippen molar-refractivity contribution < 1.29 is 0 Å². The lowest BCUT2D eigenvalue weighted by molar-refractivity contribution is 1.21. The van der Waals surface area contributed by atoms with E-state index in [4.69, 9.17) is 11.5 Å². The Morgan fingerprint density at radius 1 is 1.33 bits per heavy atom. The third-order valence-corrected chi connectivity index (χ3v) is 2.52. The van der Waals surface area contributed by atoms with Gasteiger partial charge in [-0.1, -0.05) is 17.7 Å². The van der Waals surface area contributed by atoms with Gasteiger partial charge in [-0.05, 0) is 19.1 Å². The van der Waals surface area contributed by atoms with Crippen LogP contribution in [-0.2, 0) is 0 Å². The fraction of sp³-hybridized carbons (Fsp3) is 0.200. The molecule has 0 saturated carbocycles. The highest BCUT2D eigenvalue weighted by molar-refractivity contribution is 7.99. The second-order valence-electron chi connectivity index (χ2n) is 2.95. The smallest absolute Gasteiger partial charge is 0.211 e. The molecule has 0 saturated heterocycles. The average Bonchev–Trinajstić information content (AvgIpc) is 2.20. The molecule has 0 atom stereocenters. The summed E-state index contributed by atoms with van der Waals surface area (Å²) >= 11 is 1.68. The molecule has 1 aromatic rings. The lowest BCUT2D eigenvalue weighted by atomic mass is 10.2. The van der Waals surface area contributed by atoms with Gasteiger partial charge in [0.05, 0.1) is 0 Å². The summed E-state index contributed by atoms with van der Waals surface area (Å²) in [6.45, 7) is 2.06. The van der Waals surface area contributed by atoms with Crippen LogP contribution in [0.2, 0.25) is 0 Å². The van der Waals surface area contributed by atoms with Crippen LogP contribution in [0.4, 0.5) is 0 Å². The molecular formula is C10H14N4S. The molecule has 1 aromatic carbocycles. The standard InChI is InChI=1S/C10H14N4S/c1-8-2-4-9(5-3-8)15-7-6-13-14-10(11)12/h2-6H,7H2,1H3,(H4,11,12,14)/b13-6+. The number of benzene rings is 1. The number of aryl methyl sites for hydroxylation is 1. The molecular weight excluding hydrogens is 208 g/mol. The monoisotopic (exact) mass is 222 g/mol. The quantitative estimate of drug-likeness (QED) is 0.349. The van der Waals surface area contributed by atoms with Gasteiger partial charge < -0.3 is 11.5 Å². The van der Waals surface area contributed by atoms with Crippen molar-refractivity contribution in [2.45, 2.75) is 11.8 Å². The van der Waals surface area contributed by atoms with Crippen molar-refractivity contribution in [3.63, 3.8) is 0 Å². The predicted molar refractivity (Wildman–Crippen MR) is 66.2 cm³/mol. The first-order valence-corrected chi connectivity index (χ1v) is 5.47. The molecule has 0 radical (unpaired) electrons. The zero-order chi connectivity index (χ0) is 11.1. The van der Waals surface area contributed by atoms with Gasteiger partial charge in [0.25, 0.3) is 0 Å². The second kappa shape index (κ2) is 6.08. The van der Waals surface area contributed by atoms with Crippen LogP contribution in [0.5, 0.6) is 0 Å². The largest absolute Gasteiger partial charge is 0.369 e. The van der Waals surface area contributed by atoms with Crippen LogP contribution in [0.3, 0.4) is 0 Å². The molecule has 80 valence electrons. The summed E-state index contributed by atoms with van der Waals surface area (Å²) in [4.78, 5) is 1.21. The highest BCUT2D eigenvalue weighted by Crippen LogP contribution is 2.16. The molecule has 4 nitrogen and oxygen atoms in total. The lowest BCUT2D eigenvalue weighted by Crippen LogP contribution is -2.21. The number of hydrogen-bond donors (Lipinski definition) is 2. The van der Waals surface area contributed by atoms with Gasteiger partial charge in [0, 0.05) is 16.9 Å². The molecule has 0 spiro atoms. The predicted octanol–water partition coefficient (Wildman–Crippen LogP) is 1.35. The van der Waals surface area contributed by atoms with Gasteiger partial charge in [0.2, 0.25) is 5.96 Å². The Hall–Kier alpha value is -1.49. The molecule has 0 aliphatic rings. The van der Waals surface area contributed by atoms with E-state index in [1.54, 1.807) is 18.0 Å². The fourth-order valence-electron chi connectivity index (χ4n) is 0.909. The van der Waals surface area contributed by atoms with E-state index < -0.39 is 0 Å². The van der Waals surface area contributed by atoms with E-state index in [1.165, 1.54) is 10.5 Å². The lowest BCUT2D eigenvalue weighted by Gasteiger charge is -1.97. The average molecular weight is 222 g/mol. The van der Waals surface area contributed by atoms with E-state index in [2.05, 4.69) is 41.4 Å².